The minimum absolute atomic E-state index is 0.160. The molecule has 0 amide bonds. The van der Waals surface area contributed by atoms with Crippen LogP contribution in [0.15, 0.2) is 18.2 Å². The van der Waals surface area contributed by atoms with Crippen LogP contribution in [0.25, 0.3) is 0 Å². The minimum atomic E-state index is -3.12. The first-order chi connectivity index (χ1) is 9.90. The van der Waals surface area contributed by atoms with E-state index >= 15 is 0 Å². The van der Waals surface area contributed by atoms with Crippen molar-refractivity contribution in [2.75, 3.05) is 7.11 Å². The SMILES string of the molecule is COc1ccc(C#N)c(C2(O)CC3CCC(C2)S3(=O)=O)c1. The molecular formula is C15H17NO4S. The number of aliphatic hydroxyl groups is 1. The summed E-state index contributed by atoms with van der Waals surface area (Å²) in [6.07, 6.45) is 1.52. The maximum Gasteiger partial charge on any atom is 0.156 e. The average molecular weight is 307 g/mol. The number of benzene rings is 1. The standard InChI is InChI=1S/C15H17NO4S/c1-20-11-3-2-10(9-16)14(6-11)15(17)7-12-4-5-13(8-15)21(12,18)19/h2-3,6,12-13,17H,4-5,7-8H2,1H3. The van der Waals surface area contributed by atoms with Crippen LogP contribution in [0.1, 0.15) is 36.8 Å². The van der Waals surface area contributed by atoms with E-state index in [9.17, 15) is 18.8 Å². The van der Waals surface area contributed by atoms with Gasteiger partial charge in [0.05, 0.1) is 34.8 Å². The molecule has 0 radical (unpaired) electrons. The second-order valence-electron chi connectivity index (χ2n) is 5.87. The Morgan fingerprint density at radius 2 is 1.95 bits per heavy atom. The van der Waals surface area contributed by atoms with Crippen LogP contribution < -0.4 is 4.74 Å². The molecule has 2 atom stereocenters. The lowest BCUT2D eigenvalue weighted by atomic mass is 9.83. The molecule has 2 unspecified atom stereocenters. The summed E-state index contributed by atoms with van der Waals surface area (Å²) in [5.74, 6) is 0.554. The van der Waals surface area contributed by atoms with Crippen molar-refractivity contribution in [1.82, 2.24) is 0 Å². The topological polar surface area (TPSA) is 87.4 Å². The van der Waals surface area contributed by atoms with Gasteiger partial charge in [0.15, 0.2) is 9.84 Å². The minimum Gasteiger partial charge on any atom is -0.497 e. The van der Waals surface area contributed by atoms with Crippen LogP contribution in [0.4, 0.5) is 0 Å². The van der Waals surface area contributed by atoms with Crippen LogP contribution in [0, 0.1) is 11.3 Å². The highest BCUT2D eigenvalue weighted by Gasteiger charge is 2.53. The molecule has 2 fully saturated rings. The second kappa shape index (κ2) is 4.72. The zero-order valence-corrected chi connectivity index (χ0v) is 12.6. The molecule has 5 nitrogen and oxygen atoms in total. The summed E-state index contributed by atoms with van der Waals surface area (Å²) in [5.41, 5.74) is -0.412. The number of nitriles is 1. The highest BCUT2D eigenvalue weighted by molar-refractivity contribution is 7.93. The first-order valence-corrected chi connectivity index (χ1v) is 8.55. The quantitative estimate of drug-likeness (QED) is 0.894. The first-order valence-electron chi connectivity index (χ1n) is 6.94. The van der Waals surface area contributed by atoms with Crippen LogP contribution in [0.3, 0.4) is 0 Å². The molecule has 6 heteroatoms. The molecule has 0 aromatic heterocycles. The van der Waals surface area contributed by atoms with Crippen molar-refractivity contribution in [2.45, 2.75) is 41.8 Å². The molecule has 3 rings (SSSR count). The molecule has 2 bridgehead atoms. The molecule has 2 heterocycles. The third-order valence-corrected chi connectivity index (χ3v) is 7.38. The Balaban J connectivity index is 2.07. The zero-order chi connectivity index (χ0) is 15.3. The number of methoxy groups -OCH3 is 1. The number of rotatable bonds is 2. The molecule has 0 saturated carbocycles. The number of nitrogens with zero attached hydrogens (tertiary/aromatic N) is 1. The largest absolute Gasteiger partial charge is 0.497 e. The summed E-state index contributed by atoms with van der Waals surface area (Å²) < 4.78 is 29.5. The van der Waals surface area contributed by atoms with Crippen molar-refractivity contribution in [3.8, 4) is 11.8 Å². The highest BCUT2D eigenvalue weighted by Crippen LogP contribution is 2.48. The molecule has 0 aliphatic carbocycles. The average Bonchev–Trinajstić information content (AvgIpc) is 2.66. The monoisotopic (exact) mass is 307 g/mol. The molecule has 21 heavy (non-hydrogen) atoms. The van der Waals surface area contributed by atoms with E-state index in [4.69, 9.17) is 4.74 Å². The fraction of sp³-hybridized carbons (Fsp3) is 0.533. The zero-order valence-electron chi connectivity index (χ0n) is 11.7. The van der Waals surface area contributed by atoms with E-state index in [0.717, 1.165) is 0 Å². The third kappa shape index (κ3) is 2.12. The lowest BCUT2D eigenvalue weighted by Gasteiger charge is -2.37. The first kappa shape index (κ1) is 14.4. The smallest absolute Gasteiger partial charge is 0.156 e. The summed E-state index contributed by atoms with van der Waals surface area (Å²) in [5, 5.41) is 19.3. The molecule has 1 aromatic carbocycles. The van der Waals surface area contributed by atoms with E-state index in [0.29, 0.717) is 29.7 Å². The molecular weight excluding hydrogens is 290 g/mol. The third-order valence-electron chi connectivity index (χ3n) is 4.72. The van der Waals surface area contributed by atoms with Crippen LogP contribution in [0.2, 0.25) is 0 Å². The van der Waals surface area contributed by atoms with Gasteiger partial charge in [-0.1, -0.05) is 0 Å². The number of fused-ring (bicyclic) bond motifs is 2. The Kier molecular flexibility index (Phi) is 3.23. The van der Waals surface area contributed by atoms with Crippen molar-refractivity contribution in [3.05, 3.63) is 29.3 Å². The number of sulfone groups is 1. The van der Waals surface area contributed by atoms with Gasteiger partial charge in [0.25, 0.3) is 0 Å². The van der Waals surface area contributed by atoms with E-state index in [1.807, 2.05) is 0 Å². The van der Waals surface area contributed by atoms with E-state index in [1.165, 1.54) is 7.11 Å². The highest BCUT2D eigenvalue weighted by atomic mass is 32.2. The van der Waals surface area contributed by atoms with Gasteiger partial charge < -0.3 is 9.84 Å². The number of ether oxygens (including phenoxy) is 1. The van der Waals surface area contributed by atoms with Gasteiger partial charge in [0.1, 0.15) is 5.75 Å². The van der Waals surface area contributed by atoms with Gasteiger partial charge in [0, 0.05) is 5.56 Å². The van der Waals surface area contributed by atoms with E-state index in [-0.39, 0.29) is 12.8 Å². The van der Waals surface area contributed by atoms with Gasteiger partial charge in [-0.05, 0) is 43.9 Å². The normalized spacial score (nSPS) is 33.4. The van der Waals surface area contributed by atoms with E-state index in [2.05, 4.69) is 6.07 Å². The lowest BCUT2D eigenvalue weighted by Crippen LogP contribution is -2.43. The summed E-state index contributed by atoms with van der Waals surface area (Å²) in [4.78, 5) is 0. The van der Waals surface area contributed by atoms with Gasteiger partial charge in [-0.3, -0.25) is 0 Å². The summed E-state index contributed by atoms with van der Waals surface area (Å²) in [7, 11) is -1.60. The summed E-state index contributed by atoms with van der Waals surface area (Å²) in [6.45, 7) is 0. The van der Waals surface area contributed by atoms with E-state index < -0.39 is 25.9 Å². The summed E-state index contributed by atoms with van der Waals surface area (Å²) in [6, 6.07) is 7.00. The van der Waals surface area contributed by atoms with E-state index in [1.54, 1.807) is 18.2 Å². The fourth-order valence-electron chi connectivity index (χ4n) is 3.60. The fourth-order valence-corrected chi connectivity index (χ4v) is 6.09. The second-order valence-corrected chi connectivity index (χ2v) is 8.38. The van der Waals surface area contributed by atoms with Gasteiger partial charge in [-0.15, -0.1) is 0 Å². The van der Waals surface area contributed by atoms with Gasteiger partial charge in [-0.25, -0.2) is 8.42 Å². The Labute approximate surface area is 124 Å². The summed E-state index contributed by atoms with van der Waals surface area (Å²) >= 11 is 0. The maximum absolute atomic E-state index is 12.2. The van der Waals surface area contributed by atoms with Crippen LogP contribution in [-0.2, 0) is 15.4 Å². The molecule has 112 valence electrons. The lowest BCUT2D eigenvalue weighted by molar-refractivity contribution is 0.0169. The van der Waals surface area contributed by atoms with Crippen molar-refractivity contribution >= 4 is 9.84 Å². The molecule has 2 aliphatic heterocycles. The van der Waals surface area contributed by atoms with Crippen molar-refractivity contribution in [2.24, 2.45) is 0 Å². The Morgan fingerprint density at radius 3 is 2.48 bits per heavy atom. The maximum atomic E-state index is 12.2. The van der Waals surface area contributed by atoms with Crippen LogP contribution in [-0.4, -0.2) is 31.1 Å². The van der Waals surface area contributed by atoms with Crippen molar-refractivity contribution in [1.29, 1.82) is 5.26 Å². The molecule has 1 N–H and O–H groups in total. The van der Waals surface area contributed by atoms with Gasteiger partial charge >= 0.3 is 0 Å². The number of hydrogen-bond acceptors (Lipinski definition) is 5. The Morgan fingerprint density at radius 1 is 1.33 bits per heavy atom. The van der Waals surface area contributed by atoms with Gasteiger partial charge in [-0.2, -0.15) is 5.26 Å². The predicted octanol–water partition coefficient (Wildman–Crippen LogP) is 1.49. The molecule has 2 saturated heterocycles. The number of hydrogen-bond donors (Lipinski definition) is 1. The van der Waals surface area contributed by atoms with Gasteiger partial charge in [0.2, 0.25) is 0 Å². The Bertz CT molecular complexity index is 700. The molecule has 2 aliphatic rings. The predicted molar refractivity (Wildman–Crippen MR) is 76.6 cm³/mol. The Hall–Kier alpha value is -1.58. The molecule has 1 aromatic rings. The van der Waals surface area contributed by atoms with Crippen molar-refractivity contribution < 1.29 is 18.3 Å². The van der Waals surface area contributed by atoms with Crippen molar-refractivity contribution in [3.63, 3.8) is 0 Å². The van der Waals surface area contributed by atoms with Crippen LogP contribution >= 0.6 is 0 Å². The molecule has 0 spiro atoms. The van der Waals surface area contributed by atoms with Crippen LogP contribution in [0.5, 0.6) is 5.75 Å².